The Morgan fingerprint density at radius 2 is 1.62 bits per heavy atom. The van der Waals surface area contributed by atoms with Crippen LogP contribution >= 0.6 is 0 Å². The van der Waals surface area contributed by atoms with Crippen LogP contribution in [0.5, 0.6) is 0 Å². The van der Waals surface area contributed by atoms with Gasteiger partial charge >= 0.3 is 0 Å². The monoisotopic (exact) mass is 286 g/mol. The Kier molecular flexibility index (Phi) is 3.73. The number of likely N-dealkylation sites (tertiary alicyclic amines) is 1. The van der Waals surface area contributed by atoms with Crippen molar-refractivity contribution in [1.29, 1.82) is 0 Å². The van der Waals surface area contributed by atoms with Gasteiger partial charge < -0.3 is 5.32 Å². The van der Waals surface area contributed by atoms with Crippen molar-refractivity contribution in [3.8, 4) is 0 Å². The molecule has 0 radical (unpaired) electrons. The van der Waals surface area contributed by atoms with Crippen LogP contribution in [0.3, 0.4) is 0 Å². The first-order valence-electron chi connectivity index (χ1n) is 7.37. The highest BCUT2D eigenvalue weighted by Gasteiger charge is 2.48. The quantitative estimate of drug-likeness (QED) is 0.862. The van der Waals surface area contributed by atoms with Gasteiger partial charge in [0.1, 0.15) is 6.54 Å². The molecule has 21 heavy (non-hydrogen) atoms. The summed E-state index contributed by atoms with van der Waals surface area (Å²) in [6.45, 7) is -0.181. The molecule has 3 amide bonds. The van der Waals surface area contributed by atoms with Gasteiger partial charge in [0.2, 0.25) is 17.7 Å². The topological polar surface area (TPSA) is 66.5 Å². The number of hydrogen-bond acceptors (Lipinski definition) is 3. The zero-order valence-electron chi connectivity index (χ0n) is 11.7. The minimum atomic E-state index is -0.332. The summed E-state index contributed by atoms with van der Waals surface area (Å²) in [4.78, 5) is 37.7. The maximum Gasteiger partial charge on any atom is 0.244 e. The number of carbonyl (C=O) groups excluding carboxylic acids is 3. The molecule has 1 saturated carbocycles. The molecule has 2 fully saturated rings. The second kappa shape index (κ2) is 5.68. The van der Waals surface area contributed by atoms with Crippen LogP contribution in [0.4, 0.5) is 5.69 Å². The largest absolute Gasteiger partial charge is 0.325 e. The SMILES string of the molecule is O=C(CN1C(=O)[C@H]2CCCC[C@@H]2C1=O)Nc1ccccc1. The molecule has 1 N–H and O–H groups in total. The van der Waals surface area contributed by atoms with Gasteiger partial charge in [0.05, 0.1) is 11.8 Å². The summed E-state index contributed by atoms with van der Waals surface area (Å²) in [7, 11) is 0. The number of amides is 3. The molecular formula is C16H18N2O3. The molecule has 1 heterocycles. The smallest absolute Gasteiger partial charge is 0.244 e. The number of para-hydroxylation sites is 1. The third-order valence-corrected chi connectivity index (χ3v) is 4.29. The van der Waals surface area contributed by atoms with Crippen molar-refractivity contribution in [1.82, 2.24) is 4.90 Å². The number of imide groups is 1. The molecule has 1 saturated heterocycles. The summed E-state index contributed by atoms with van der Waals surface area (Å²) in [6.07, 6.45) is 3.52. The average Bonchev–Trinajstić information content (AvgIpc) is 2.74. The first-order valence-corrected chi connectivity index (χ1v) is 7.37. The Hall–Kier alpha value is -2.17. The highest BCUT2D eigenvalue weighted by molar-refractivity contribution is 6.08. The predicted octanol–water partition coefficient (Wildman–Crippen LogP) is 1.80. The van der Waals surface area contributed by atoms with Gasteiger partial charge in [-0.1, -0.05) is 31.0 Å². The molecule has 0 aromatic heterocycles. The molecule has 110 valence electrons. The molecule has 1 aromatic carbocycles. The highest BCUT2D eigenvalue weighted by Crippen LogP contribution is 2.37. The minimum Gasteiger partial charge on any atom is -0.325 e. The molecule has 3 rings (SSSR count). The molecule has 0 unspecified atom stereocenters. The first-order chi connectivity index (χ1) is 10.2. The molecule has 0 spiro atoms. The van der Waals surface area contributed by atoms with Gasteiger partial charge in [0, 0.05) is 5.69 Å². The second-order valence-electron chi connectivity index (χ2n) is 5.67. The van der Waals surface area contributed by atoms with Crippen LogP contribution in [-0.4, -0.2) is 29.2 Å². The molecule has 1 aliphatic heterocycles. The number of fused-ring (bicyclic) bond motifs is 1. The van der Waals surface area contributed by atoms with Crippen molar-refractivity contribution in [2.24, 2.45) is 11.8 Å². The lowest BCUT2D eigenvalue weighted by atomic mass is 9.81. The Balaban J connectivity index is 1.66. The number of anilines is 1. The molecule has 0 bridgehead atoms. The van der Waals surface area contributed by atoms with Crippen molar-refractivity contribution in [3.63, 3.8) is 0 Å². The molecule has 1 aromatic rings. The van der Waals surface area contributed by atoms with E-state index in [1.165, 1.54) is 0 Å². The van der Waals surface area contributed by atoms with E-state index in [9.17, 15) is 14.4 Å². The highest BCUT2D eigenvalue weighted by atomic mass is 16.2. The van der Waals surface area contributed by atoms with E-state index in [0.717, 1.165) is 30.6 Å². The van der Waals surface area contributed by atoms with Crippen LogP contribution in [0.25, 0.3) is 0 Å². The fourth-order valence-corrected chi connectivity index (χ4v) is 3.25. The maximum atomic E-state index is 12.3. The third-order valence-electron chi connectivity index (χ3n) is 4.29. The van der Waals surface area contributed by atoms with Crippen LogP contribution in [0.1, 0.15) is 25.7 Å². The zero-order valence-corrected chi connectivity index (χ0v) is 11.7. The van der Waals surface area contributed by atoms with Crippen LogP contribution in [0.2, 0.25) is 0 Å². The molecule has 5 heteroatoms. The van der Waals surface area contributed by atoms with Crippen LogP contribution in [-0.2, 0) is 14.4 Å². The van der Waals surface area contributed by atoms with Gasteiger partial charge in [-0.2, -0.15) is 0 Å². The van der Waals surface area contributed by atoms with Crippen LogP contribution in [0, 0.1) is 11.8 Å². The minimum absolute atomic E-state index is 0.173. The lowest BCUT2D eigenvalue weighted by Gasteiger charge is -2.19. The van der Waals surface area contributed by atoms with Gasteiger partial charge in [0.25, 0.3) is 0 Å². The first kappa shape index (κ1) is 13.8. The lowest BCUT2D eigenvalue weighted by molar-refractivity contribution is -0.142. The summed E-state index contributed by atoms with van der Waals surface area (Å²) in [5.41, 5.74) is 0.666. The molecule has 5 nitrogen and oxygen atoms in total. The van der Waals surface area contributed by atoms with E-state index in [-0.39, 0.29) is 36.1 Å². The number of carbonyl (C=O) groups is 3. The summed E-state index contributed by atoms with van der Waals surface area (Å²) < 4.78 is 0. The molecular weight excluding hydrogens is 268 g/mol. The fraction of sp³-hybridized carbons (Fsp3) is 0.438. The van der Waals surface area contributed by atoms with Crippen LogP contribution in [0.15, 0.2) is 30.3 Å². The van der Waals surface area contributed by atoms with Gasteiger partial charge in [0.15, 0.2) is 0 Å². The van der Waals surface area contributed by atoms with E-state index in [0.29, 0.717) is 5.69 Å². The van der Waals surface area contributed by atoms with E-state index in [2.05, 4.69) is 5.32 Å². The second-order valence-corrected chi connectivity index (χ2v) is 5.67. The standard InChI is InChI=1S/C16H18N2O3/c19-14(17-11-6-2-1-3-7-11)10-18-15(20)12-8-4-5-9-13(12)16(18)21/h1-3,6-7,12-13H,4-5,8-10H2,(H,17,19)/t12-,13-/m0/s1. The van der Waals surface area contributed by atoms with Crippen molar-refractivity contribution in [2.75, 3.05) is 11.9 Å². The Labute approximate surface area is 123 Å². The third kappa shape index (κ3) is 2.68. The normalized spacial score (nSPS) is 24.9. The van der Waals surface area contributed by atoms with E-state index < -0.39 is 0 Å². The molecule has 2 atom stereocenters. The molecule has 1 aliphatic carbocycles. The number of rotatable bonds is 3. The number of hydrogen-bond donors (Lipinski definition) is 1. The van der Waals surface area contributed by atoms with Gasteiger partial charge in [-0.15, -0.1) is 0 Å². The van der Waals surface area contributed by atoms with Gasteiger partial charge in [-0.3, -0.25) is 19.3 Å². The average molecular weight is 286 g/mol. The van der Waals surface area contributed by atoms with E-state index in [1.54, 1.807) is 12.1 Å². The number of nitrogens with one attached hydrogen (secondary N) is 1. The molecule has 2 aliphatic rings. The number of nitrogens with zero attached hydrogens (tertiary/aromatic N) is 1. The summed E-state index contributed by atoms with van der Waals surface area (Å²) in [5, 5.41) is 2.71. The van der Waals surface area contributed by atoms with Crippen molar-refractivity contribution in [3.05, 3.63) is 30.3 Å². The zero-order chi connectivity index (χ0) is 14.8. The van der Waals surface area contributed by atoms with Gasteiger partial charge in [-0.05, 0) is 25.0 Å². The van der Waals surface area contributed by atoms with Crippen LogP contribution < -0.4 is 5.32 Å². The maximum absolute atomic E-state index is 12.3. The van der Waals surface area contributed by atoms with Crippen molar-refractivity contribution < 1.29 is 14.4 Å². The van der Waals surface area contributed by atoms with Crippen molar-refractivity contribution in [2.45, 2.75) is 25.7 Å². The van der Waals surface area contributed by atoms with E-state index in [1.807, 2.05) is 18.2 Å². The summed E-state index contributed by atoms with van der Waals surface area (Å²) in [6, 6.07) is 9.02. The predicted molar refractivity (Wildman–Crippen MR) is 77.2 cm³/mol. The van der Waals surface area contributed by atoms with E-state index in [4.69, 9.17) is 0 Å². The Morgan fingerprint density at radius 3 is 2.19 bits per heavy atom. The summed E-state index contributed by atoms with van der Waals surface area (Å²) in [5.74, 6) is -1.08. The van der Waals surface area contributed by atoms with Crippen molar-refractivity contribution >= 4 is 23.4 Å². The van der Waals surface area contributed by atoms with E-state index >= 15 is 0 Å². The summed E-state index contributed by atoms with van der Waals surface area (Å²) >= 11 is 0. The Morgan fingerprint density at radius 1 is 1.05 bits per heavy atom. The lowest BCUT2D eigenvalue weighted by Crippen LogP contribution is -2.38. The fourth-order valence-electron chi connectivity index (χ4n) is 3.25. The Bertz CT molecular complexity index is 546. The number of benzene rings is 1. The van der Waals surface area contributed by atoms with Gasteiger partial charge in [-0.25, -0.2) is 0 Å².